The predicted molar refractivity (Wildman–Crippen MR) is 126 cm³/mol. The van der Waals surface area contributed by atoms with E-state index in [4.69, 9.17) is 26.4 Å². The Morgan fingerprint density at radius 3 is 2.67 bits per heavy atom. The maximum Gasteiger partial charge on any atom is 0.251 e. The monoisotopic (exact) mass is 466 g/mol. The van der Waals surface area contributed by atoms with Crippen LogP contribution in [0.2, 0.25) is 0 Å². The van der Waals surface area contributed by atoms with Crippen LogP contribution in [0.25, 0.3) is 11.4 Å². The summed E-state index contributed by atoms with van der Waals surface area (Å²) in [5, 5.41) is 10.0. The molecule has 1 aromatic heterocycles. The third-order valence-electron chi connectivity index (χ3n) is 5.92. The van der Waals surface area contributed by atoms with Gasteiger partial charge in [-0.3, -0.25) is 14.5 Å². The number of rotatable bonds is 6. The van der Waals surface area contributed by atoms with E-state index in [2.05, 4.69) is 15.5 Å². The first-order chi connectivity index (χ1) is 16.0. The summed E-state index contributed by atoms with van der Waals surface area (Å²) >= 11 is 5.36. The number of aromatic amines is 1. The molecule has 1 aliphatic heterocycles. The predicted octanol–water partition coefficient (Wildman–Crippen LogP) is 5.08. The molecule has 1 fully saturated rings. The van der Waals surface area contributed by atoms with Crippen molar-refractivity contribution in [3.05, 3.63) is 47.2 Å². The molecule has 0 atom stereocenters. The number of carbonyl (C=O) groups is 1. The van der Waals surface area contributed by atoms with Gasteiger partial charge in [0, 0.05) is 30.2 Å². The molecule has 5 rings (SSSR count). The van der Waals surface area contributed by atoms with Gasteiger partial charge in [0.25, 0.3) is 5.79 Å². The van der Waals surface area contributed by atoms with Crippen molar-refractivity contribution >= 4 is 23.8 Å². The van der Waals surface area contributed by atoms with E-state index >= 15 is 0 Å². The molecular formula is C24H26N4O4S. The van der Waals surface area contributed by atoms with Crippen LogP contribution in [0.4, 0.5) is 5.69 Å². The van der Waals surface area contributed by atoms with Crippen molar-refractivity contribution in [2.75, 3.05) is 11.9 Å². The topological polar surface area (TPSA) is 90.4 Å². The Morgan fingerprint density at radius 2 is 1.91 bits per heavy atom. The molecule has 1 amide bonds. The lowest BCUT2D eigenvalue weighted by atomic mass is 9.94. The highest BCUT2D eigenvalue weighted by Crippen LogP contribution is 2.46. The largest absolute Gasteiger partial charge is 0.494 e. The average Bonchev–Trinajstić information content (AvgIpc) is 3.34. The maximum absolute atomic E-state index is 12.8. The van der Waals surface area contributed by atoms with E-state index < -0.39 is 5.79 Å². The highest BCUT2D eigenvalue weighted by Gasteiger charge is 2.42. The number of anilines is 1. The zero-order valence-corrected chi connectivity index (χ0v) is 19.2. The van der Waals surface area contributed by atoms with Crippen molar-refractivity contribution < 1.29 is 19.0 Å². The molecule has 9 heteroatoms. The van der Waals surface area contributed by atoms with E-state index in [0.717, 1.165) is 42.7 Å². The number of ether oxygens (including phenoxy) is 3. The van der Waals surface area contributed by atoms with Crippen LogP contribution in [-0.4, -0.2) is 33.1 Å². The van der Waals surface area contributed by atoms with Gasteiger partial charge < -0.3 is 19.5 Å². The van der Waals surface area contributed by atoms with Gasteiger partial charge in [-0.15, -0.1) is 0 Å². The molecule has 0 unspecified atom stereocenters. The summed E-state index contributed by atoms with van der Waals surface area (Å²) < 4.78 is 19.8. The summed E-state index contributed by atoms with van der Waals surface area (Å²) in [6, 6.07) is 13.0. The van der Waals surface area contributed by atoms with Crippen LogP contribution < -0.4 is 19.5 Å². The first kappa shape index (κ1) is 21.5. The third-order valence-corrected chi connectivity index (χ3v) is 6.23. The normalized spacial score (nSPS) is 16.0. The van der Waals surface area contributed by atoms with Gasteiger partial charge in [-0.1, -0.05) is 6.42 Å². The zero-order chi connectivity index (χ0) is 22.8. The first-order valence-corrected chi connectivity index (χ1v) is 11.7. The van der Waals surface area contributed by atoms with Crippen molar-refractivity contribution in [3.63, 3.8) is 0 Å². The summed E-state index contributed by atoms with van der Waals surface area (Å²) in [6.45, 7) is 2.56. The van der Waals surface area contributed by atoms with Gasteiger partial charge in [0.2, 0.25) is 5.91 Å². The lowest BCUT2D eigenvalue weighted by molar-refractivity contribution is -0.116. The molecular weight excluding hydrogens is 440 g/mol. The summed E-state index contributed by atoms with van der Waals surface area (Å²) in [6.07, 6.45) is 5.17. The van der Waals surface area contributed by atoms with E-state index in [1.165, 1.54) is 6.42 Å². The number of nitrogens with zero attached hydrogens (tertiary/aromatic N) is 2. The Labute approximate surface area is 196 Å². The average molecular weight is 467 g/mol. The number of carbonyl (C=O) groups excluding carboxylic acids is 1. The van der Waals surface area contributed by atoms with Gasteiger partial charge in [0.15, 0.2) is 22.1 Å². The smallest absolute Gasteiger partial charge is 0.251 e. The van der Waals surface area contributed by atoms with Crippen LogP contribution in [0, 0.1) is 4.77 Å². The summed E-state index contributed by atoms with van der Waals surface area (Å²) in [4.78, 5) is 12.8. The minimum atomic E-state index is -0.542. The molecule has 2 aliphatic rings. The summed E-state index contributed by atoms with van der Waals surface area (Å²) in [7, 11) is 0. The second kappa shape index (κ2) is 8.90. The lowest BCUT2D eigenvalue weighted by Crippen LogP contribution is -2.40. The van der Waals surface area contributed by atoms with Crippen LogP contribution >= 0.6 is 12.2 Å². The number of nitrogens with one attached hydrogen (secondary N) is 2. The first-order valence-electron chi connectivity index (χ1n) is 11.3. The quantitative estimate of drug-likeness (QED) is 0.493. The van der Waals surface area contributed by atoms with E-state index in [1.807, 2.05) is 49.4 Å². The van der Waals surface area contributed by atoms with Gasteiger partial charge >= 0.3 is 0 Å². The molecule has 33 heavy (non-hydrogen) atoms. The molecule has 3 aromatic rings. The maximum atomic E-state index is 12.8. The Morgan fingerprint density at radius 1 is 1.15 bits per heavy atom. The van der Waals surface area contributed by atoms with E-state index in [0.29, 0.717) is 28.6 Å². The molecule has 8 nitrogen and oxygen atoms in total. The van der Waals surface area contributed by atoms with Gasteiger partial charge in [0.05, 0.1) is 6.61 Å². The Balaban J connectivity index is 1.29. The summed E-state index contributed by atoms with van der Waals surface area (Å²) in [5.74, 6) is 2.00. The molecule has 1 spiro atoms. The third kappa shape index (κ3) is 4.45. The number of fused-ring (bicyclic) bond motifs is 1. The highest BCUT2D eigenvalue weighted by molar-refractivity contribution is 7.71. The number of amides is 1. The van der Waals surface area contributed by atoms with E-state index in [-0.39, 0.29) is 12.5 Å². The van der Waals surface area contributed by atoms with Gasteiger partial charge in [-0.2, -0.15) is 5.10 Å². The van der Waals surface area contributed by atoms with E-state index in [9.17, 15) is 4.79 Å². The Kier molecular flexibility index (Phi) is 5.80. The summed E-state index contributed by atoms with van der Waals surface area (Å²) in [5.41, 5.74) is 1.48. The molecule has 1 aliphatic carbocycles. The SMILES string of the molecule is CCOc1ccc(-c2n[nH]c(=S)n2CC(=O)Nc2ccc3c(c2)OC2(CCCCC2)O3)cc1. The molecule has 2 aromatic carbocycles. The van der Waals surface area contributed by atoms with Crippen LogP contribution in [0.5, 0.6) is 17.2 Å². The van der Waals surface area contributed by atoms with Crippen LogP contribution in [-0.2, 0) is 11.3 Å². The second-order valence-corrected chi connectivity index (χ2v) is 8.67. The van der Waals surface area contributed by atoms with Gasteiger partial charge in [0.1, 0.15) is 12.3 Å². The number of hydrogen-bond donors (Lipinski definition) is 2. The number of hydrogen-bond acceptors (Lipinski definition) is 6. The fourth-order valence-electron chi connectivity index (χ4n) is 4.36. The van der Waals surface area contributed by atoms with Crippen molar-refractivity contribution in [2.45, 2.75) is 51.4 Å². The van der Waals surface area contributed by atoms with Gasteiger partial charge in [-0.05, 0) is 68.4 Å². The molecule has 0 saturated heterocycles. The molecule has 0 radical (unpaired) electrons. The minimum absolute atomic E-state index is 0.0241. The molecule has 2 heterocycles. The molecule has 172 valence electrons. The van der Waals surface area contributed by atoms with Crippen molar-refractivity contribution in [1.29, 1.82) is 0 Å². The minimum Gasteiger partial charge on any atom is -0.494 e. The number of aromatic nitrogens is 3. The molecule has 2 N–H and O–H groups in total. The van der Waals surface area contributed by atoms with Gasteiger partial charge in [-0.25, -0.2) is 0 Å². The van der Waals surface area contributed by atoms with Crippen molar-refractivity contribution in [3.8, 4) is 28.6 Å². The number of benzene rings is 2. The Hall–Kier alpha value is -3.33. The lowest BCUT2D eigenvalue weighted by Gasteiger charge is -2.31. The molecule has 1 saturated carbocycles. The van der Waals surface area contributed by atoms with Crippen molar-refractivity contribution in [2.24, 2.45) is 0 Å². The standard InChI is InChI=1S/C24H26N4O4S/c1-2-30-18-9-6-16(7-10-18)22-26-27-23(33)28(22)15-21(29)25-17-8-11-19-20(14-17)32-24(31-19)12-4-3-5-13-24/h6-11,14H,2-5,12-13,15H2,1H3,(H,25,29)(H,27,33). The number of H-pyrrole nitrogens is 1. The fraction of sp³-hybridized carbons (Fsp3) is 0.375. The zero-order valence-electron chi connectivity index (χ0n) is 18.4. The van der Waals surface area contributed by atoms with Crippen LogP contribution in [0.3, 0.4) is 0 Å². The van der Waals surface area contributed by atoms with E-state index in [1.54, 1.807) is 4.57 Å². The van der Waals surface area contributed by atoms with Crippen LogP contribution in [0.15, 0.2) is 42.5 Å². The van der Waals surface area contributed by atoms with Crippen LogP contribution in [0.1, 0.15) is 39.0 Å². The fourth-order valence-corrected chi connectivity index (χ4v) is 4.56. The van der Waals surface area contributed by atoms with Crippen molar-refractivity contribution in [1.82, 2.24) is 14.8 Å². The Bertz CT molecular complexity index is 1210. The molecule has 0 bridgehead atoms. The highest BCUT2D eigenvalue weighted by atomic mass is 32.1. The second-order valence-electron chi connectivity index (χ2n) is 8.28.